The summed E-state index contributed by atoms with van der Waals surface area (Å²) in [5.41, 5.74) is 3.35. The first kappa shape index (κ1) is 16.4. The third-order valence-electron chi connectivity index (χ3n) is 3.02. The molecule has 0 aliphatic rings. The maximum absolute atomic E-state index is 13.5. The molecule has 0 aromatic heterocycles. The van der Waals surface area contributed by atoms with Gasteiger partial charge in [-0.2, -0.15) is 0 Å². The highest BCUT2D eigenvalue weighted by Crippen LogP contribution is 2.25. The first-order valence-electron chi connectivity index (χ1n) is 5.90. The number of carbonyl (C=O) groups is 1. The molecule has 0 aliphatic heterocycles. The summed E-state index contributed by atoms with van der Waals surface area (Å²) in [4.78, 5) is 10.9. The molecule has 3 nitrogen and oxygen atoms in total. The molecule has 0 saturated carbocycles. The van der Waals surface area contributed by atoms with Gasteiger partial charge in [0.05, 0.1) is 0 Å². The fourth-order valence-electron chi connectivity index (χ4n) is 2.02. The van der Waals surface area contributed by atoms with Crippen LogP contribution in [-0.2, 0) is 11.2 Å². The first-order chi connectivity index (χ1) is 9.06. The number of rotatable bonds is 5. The highest BCUT2D eigenvalue weighted by Gasteiger charge is 2.31. The zero-order valence-electron chi connectivity index (χ0n) is 11.0. The van der Waals surface area contributed by atoms with Crippen molar-refractivity contribution >= 4 is 5.97 Å². The Morgan fingerprint density at radius 2 is 1.85 bits per heavy atom. The lowest BCUT2D eigenvalue weighted by Crippen LogP contribution is -2.46. The van der Waals surface area contributed by atoms with Crippen LogP contribution in [0, 0.1) is 29.2 Å². The average molecular weight is 293 g/mol. The smallest absolute Gasteiger partial charge is 0.323 e. The van der Waals surface area contributed by atoms with Crippen molar-refractivity contribution in [1.29, 1.82) is 0 Å². The molecule has 0 saturated heterocycles. The van der Waals surface area contributed by atoms with Crippen molar-refractivity contribution in [1.82, 2.24) is 0 Å². The number of carboxylic acids is 1. The van der Waals surface area contributed by atoms with Gasteiger partial charge in [-0.05, 0) is 25.7 Å². The van der Waals surface area contributed by atoms with Crippen molar-refractivity contribution in [3.63, 3.8) is 0 Å². The highest BCUT2D eigenvalue weighted by molar-refractivity contribution is 5.77. The summed E-state index contributed by atoms with van der Waals surface area (Å²) >= 11 is 0. The Hall–Kier alpha value is -1.63. The van der Waals surface area contributed by atoms with Gasteiger partial charge < -0.3 is 10.8 Å². The number of hydrogen-bond acceptors (Lipinski definition) is 2. The van der Waals surface area contributed by atoms with Crippen LogP contribution in [0.5, 0.6) is 0 Å². The predicted molar refractivity (Wildman–Crippen MR) is 64.0 cm³/mol. The topological polar surface area (TPSA) is 63.3 Å². The number of nitrogens with two attached hydrogens (primary N) is 1. The fraction of sp³-hybridized carbons (Fsp3) is 0.462. The van der Waals surface area contributed by atoms with Gasteiger partial charge >= 0.3 is 5.97 Å². The van der Waals surface area contributed by atoms with Gasteiger partial charge in [0.15, 0.2) is 17.5 Å². The second kappa shape index (κ2) is 5.78. The van der Waals surface area contributed by atoms with E-state index in [-0.39, 0.29) is 18.9 Å². The van der Waals surface area contributed by atoms with Crippen molar-refractivity contribution in [2.24, 2.45) is 11.7 Å². The second-order valence-corrected chi connectivity index (χ2v) is 5.18. The van der Waals surface area contributed by atoms with Crippen molar-refractivity contribution in [3.05, 3.63) is 34.9 Å². The number of hydrogen-bond donors (Lipinski definition) is 2. The Morgan fingerprint density at radius 3 is 2.35 bits per heavy atom. The van der Waals surface area contributed by atoms with E-state index in [0.29, 0.717) is 0 Å². The van der Waals surface area contributed by atoms with Crippen LogP contribution in [0.2, 0.25) is 0 Å². The average Bonchev–Trinajstić information content (AvgIpc) is 2.31. The quantitative estimate of drug-likeness (QED) is 0.498. The Kier molecular flexibility index (Phi) is 4.75. The number of carboxylic acid groups (broad SMARTS) is 1. The van der Waals surface area contributed by atoms with E-state index in [9.17, 15) is 22.4 Å². The minimum Gasteiger partial charge on any atom is -0.480 e. The van der Waals surface area contributed by atoms with Crippen molar-refractivity contribution in [2.45, 2.75) is 32.2 Å². The van der Waals surface area contributed by atoms with Crippen molar-refractivity contribution in [2.75, 3.05) is 0 Å². The van der Waals surface area contributed by atoms with E-state index in [1.165, 1.54) is 13.8 Å². The molecule has 1 rings (SSSR count). The lowest BCUT2D eigenvalue weighted by atomic mass is 9.87. The van der Waals surface area contributed by atoms with Crippen molar-refractivity contribution in [3.8, 4) is 0 Å². The number of benzene rings is 1. The number of aliphatic carboxylic acids is 1. The van der Waals surface area contributed by atoms with E-state index in [1.54, 1.807) is 0 Å². The molecule has 1 aromatic carbocycles. The van der Waals surface area contributed by atoms with E-state index < -0.39 is 46.3 Å². The van der Waals surface area contributed by atoms with Gasteiger partial charge in [-0.15, -0.1) is 0 Å². The molecule has 1 aromatic rings. The maximum atomic E-state index is 13.5. The summed E-state index contributed by atoms with van der Waals surface area (Å²) in [6, 6.07) is 0.263. The SMILES string of the molecule is CC(Cc1c(F)cc(F)c(F)c1F)CC(C)(N)C(=O)O. The van der Waals surface area contributed by atoms with E-state index in [2.05, 4.69) is 0 Å². The maximum Gasteiger partial charge on any atom is 0.323 e. The van der Waals surface area contributed by atoms with Gasteiger partial charge in [0.25, 0.3) is 0 Å². The van der Waals surface area contributed by atoms with Gasteiger partial charge in [0.2, 0.25) is 0 Å². The Labute approximate surface area is 113 Å². The van der Waals surface area contributed by atoms with Crippen LogP contribution < -0.4 is 5.73 Å². The zero-order chi connectivity index (χ0) is 15.7. The normalized spacial score (nSPS) is 15.8. The number of halogens is 4. The van der Waals surface area contributed by atoms with E-state index in [4.69, 9.17) is 10.8 Å². The van der Waals surface area contributed by atoms with Crippen LogP contribution in [-0.4, -0.2) is 16.6 Å². The predicted octanol–water partition coefficient (Wildman–Crippen LogP) is 2.61. The summed E-state index contributed by atoms with van der Waals surface area (Å²) in [5, 5.41) is 8.86. The van der Waals surface area contributed by atoms with Crippen molar-refractivity contribution < 1.29 is 27.5 Å². The first-order valence-corrected chi connectivity index (χ1v) is 5.90. The summed E-state index contributed by atoms with van der Waals surface area (Å²) in [6.07, 6.45) is -0.352. The Morgan fingerprint density at radius 1 is 1.30 bits per heavy atom. The Bertz CT molecular complexity index is 532. The minimum atomic E-state index is -1.75. The summed E-state index contributed by atoms with van der Waals surface area (Å²) in [5.74, 6) is -7.94. The monoisotopic (exact) mass is 293 g/mol. The van der Waals surface area contributed by atoms with E-state index in [0.717, 1.165) is 0 Å². The molecule has 20 heavy (non-hydrogen) atoms. The molecule has 0 amide bonds. The van der Waals surface area contributed by atoms with Crippen LogP contribution in [0.1, 0.15) is 25.8 Å². The molecule has 3 N–H and O–H groups in total. The third kappa shape index (κ3) is 3.47. The van der Waals surface area contributed by atoms with Gasteiger partial charge in [0, 0.05) is 11.6 Å². The molecule has 0 bridgehead atoms. The summed E-state index contributed by atoms with van der Waals surface area (Å²) in [6.45, 7) is 2.79. The van der Waals surface area contributed by atoms with E-state index >= 15 is 0 Å². The molecule has 0 aliphatic carbocycles. The highest BCUT2D eigenvalue weighted by atomic mass is 19.2. The molecular weight excluding hydrogens is 278 g/mol. The fourth-order valence-corrected chi connectivity index (χ4v) is 2.02. The molecular formula is C13H15F4NO2. The largest absolute Gasteiger partial charge is 0.480 e. The van der Waals surface area contributed by atoms with Crippen LogP contribution in [0.25, 0.3) is 0 Å². The lowest BCUT2D eigenvalue weighted by molar-refractivity contribution is -0.143. The molecule has 7 heteroatoms. The molecule has 0 radical (unpaired) electrons. The van der Waals surface area contributed by atoms with Gasteiger partial charge in [-0.1, -0.05) is 6.92 Å². The molecule has 2 atom stereocenters. The molecule has 0 heterocycles. The molecule has 0 spiro atoms. The second-order valence-electron chi connectivity index (χ2n) is 5.18. The van der Waals surface area contributed by atoms with Gasteiger partial charge in [-0.25, -0.2) is 17.6 Å². The Balaban J connectivity index is 2.95. The van der Waals surface area contributed by atoms with Crippen LogP contribution in [0.15, 0.2) is 6.07 Å². The zero-order valence-corrected chi connectivity index (χ0v) is 11.0. The molecule has 2 unspecified atom stereocenters. The lowest BCUT2D eigenvalue weighted by Gasteiger charge is -2.23. The van der Waals surface area contributed by atoms with Crippen LogP contribution >= 0.6 is 0 Å². The van der Waals surface area contributed by atoms with Gasteiger partial charge in [0.1, 0.15) is 11.4 Å². The standard InChI is InChI=1S/C13H15F4NO2/c1-6(5-13(2,18)12(19)20)3-7-8(14)4-9(15)11(17)10(7)16/h4,6H,3,5,18H2,1-2H3,(H,19,20). The van der Waals surface area contributed by atoms with Crippen LogP contribution in [0.3, 0.4) is 0 Å². The molecule has 112 valence electrons. The minimum absolute atomic E-state index is 0.0692. The summed E-state index contributed by atoms with van der Waals surface area (Å²) < 4.78 is 52.8. The third-order valence-corrected chi connectivity index (χ3v) is 3.02. The van der Waals surface area contributed by atoms with Gasteiger partial charge in [-0.3, -0.25) is 4.79 Å². The van der Waals surface area contributed by atoms with Crippen LogP contribution in [0.4, 0.5) is 17.6 Å². The van der Waals surface area contributed by atoms with E-state index in [1.807, 2.05) is 0 Å². The summed E-state index contributed by atoms with van der Waals surface area (Å²) in [7, 11) is 0. The molecule has 0 fully saturated rings.